The van der Waals surface area contributed by atoms with Crippen LogP contribution in [-0.2, 0) is 0 Å². The van der Waals surface area contributed by atoms with Crippen LogP contribution in [0.5, 0.6) is 5.75 Å². The highest BCUT2D eigenvalue weighted by Gasteiger charge is 2.09. The summed E-state index contributed by atoms with van der Waals surface area (Å²) in [7, 11) is 0. The second kappa shape index (κ2) is 5.66. The Bertz CT molecular complexity index is 293. The smallest absolute Gasteiger partial charge is 0.190 e. The molecule has 1 unspecified atom stereocenters. The lowest BCUT2D eigenvalue weighted by atomic mass is 10.2. The van der Waals surface area contributed by atoms with E-state index in [0.29, 0.717) is 12.8 Å². The number of ether oxygens (including phenoxy) is 1. The Morgan fingerprint density at radius 3 is 2.47 bits per heavy atom. The number of hydrogen-bond acceptors (Lipinski definition) is 2. The fourth-order valence-electron chi connectivity index (χ4n) is 1.17. The van der Waals surface area contributed by atoms with Gasteiger partial charge in [0, 0.05) is 0 Å². The molecule has 15 heavy (non-hydrogen) atoms. The Hall–Kier alpha value is -1.16. The normalized spacial score (nSPS) is 12.5. The Morgan fingerprint density at radius 1 is 1.33 bits per heavy atom. The van der Waals surface area contributed by atoms with E-state index in [1.807, 2.05) is 0 Å². The van der Waals surface area contributed by atoms with Crippen LogP contribution in [0.3, 0.4) is 0 Å². The van der Waals surface area contributed by atoms with Gasteiger partial charge >= 0.3 is 0 Å². The van der Waals surface area contributed by atoms with E-state index in [0.717, 1.165) is 12.1 Å². The number of halogens is 2. The molecule has 0 saturated heterocycles. The third-order valence-electron chi connectivity index (χ3n) is 1.93. The lowest BCUT2D eigenvalue weighted by Crippen LogP contribution is -2.06. The van der Waals surface area contributed by atoms with Crippen LogP contribution in [0.25, 0.3) is 0 Å². The van der Waals surface area contributed by atoms with Crippen molar-refractivity contribution in [1.29, 1.82) is 0 Å². The zero-order valence-electron chi connectivity index (χ0n) is 8.54. The van der Waals surface area contributed by atoms with Gasteiger partial charge in [0.25, 0.3) is 0 Å². The van der Waals surface area contributed by atoms with Crippen LogP contribution in [0.1, 0.15) is 19.8 Å². The average molecular weight is 216 g/mol. The van der Waals surface area contributed by atoms with Crippen molar-refractivity contribution in [3.8, 4) is 5.75 Å². The molecule has 0 aromatic heterocycles. The highest BCUT2D eigenvalue weighted by Crippen LogP contribution is 2.20. The second-order valence-electron chi connectivity index (χ2n) is 3.39. The van der Waals surface area contributed by atoms with Crippen molar-refractivity contribution in [2.75, 3.05) is 6.61 Å². The average Bonchev–Trinajstić information content (AvgIpc) is 2.15. The molecule has 0 aliphatic rings. The predicted molar refractivity (Wildman–Crippen MR) is 52.8 cm³/mol. The Kier molecular flexibility index (Phi) is 4.49. The maximum Gasteiger partial charge on any atom is 0.190 e. The largest absolute Gasteiger partial charge is 0.488 e. The molecule has 0 radical (unpaired) electrons. The van der Waals surface area contributed by atoms with Crippen molar-refractivity contribution >= 4 is 0 Å². The minimum absolute atomic E-state index is 0.197. The molecule has 1 aromatic carbocycles. The quantitative estimate of drug-likeness (QED) is 0.766. The molecule has 4 heteroatoms. The molecule has 0 aliphatic heterocycles. The van der Waals surface area contributed by atoms with Gasteiger partial charge in [-0.1, -0.05) is 6.07 Å². The van der Waals surface area contributed by atoms with Crippen molar-refractivity contribution in [3.05, 3.63) is 29.8 Å². The van der Waals surface area contributed by atoms with Crippen LogP contribution >= 0.6 is 0 Å². The first-order valence-corrected chi connectivity index (χ1v) is 4.86. The number of hydrogen-bond donors (Lipinski definition) is 1. The Morgan fingerprint density at radius 2 is 1.93 bits per heavy atom. The summed E-state index contributed by atoms with van der Waals surface area (Å²) in [6.45, 7) is 1.85. The van der Waals surface area contributed by atoms with E-state index in [2.05, 4.69) is 0 Å². The number of benzene rings is 1. The zero-order chi connectivity index (χ0) is 11.3. The summed E-state index contributed by atoms with van der Waals surface area (Å²) >= 11 is 0. The van der Waals surface area contributed by atoms with Gasteiger partial charge < -0.3 is 9.84 Å². The van der Waals surface area contributed by atoms with Crippen LogP contribution < -0.4 is 4.74 Å². The van der Waals surface area contributed by atoms with Crippen molar-refractivity contribution in [3.63, 3.8) is 0 Å². The lowest BCUT2D eigenvalue weighted by molar-refractivity contribution is 0.168. The van der Waals surface area contributed by atoms with Crippen molar-refractivity contribution in [2.24, 2.45) is 0 Å². The van der Waals surface area contributed by atoms with Crippen molar-refractivity contribution in [1.82, 2.24) is 0 Å². The highest BCUT2D eigenvalue weighted by atomic mass is 19.1. The van der Waals surface area contributed by atoms with E-state index >= 15 is 0 Å². The van der Waals surface area contributed by atoms with Crippen LogP contribution in [0, 0.1) is 11.6 Å². The second-order valence-corrected chi connectivity index (χ2v) is 3.39. The summed E-state index contributed by atoms with van der Waals surface area (Å²) in [5.41, 5.74) is 0. The number of aliphatic hydroxyl groups excluding tert-OH is 1. The van der Waals surface area contributed by atoms with Gasteiger partial charge in [-0.25, -0.2) is 8.78 Å². The van der Waals surface area contributed by atoms with Gasteiger partial charge in [0.05, 0.1) is 12.7 Å². The van der Waals surface area contributed by atoms with Crippen LogP contribution in [0.15, 0.2) is 18.2 Å². The molecule has 0 aliphatic carbocycles. The Labute approximate surface area is 87.5 Å². The SMILES string of the molecule is CC(O)CCCOc1c(F)cccc1F. The maximum atomic E-state index is 13.0. The summed E-state index contributed by atoms with van der Waals surface area (Å²) in [6, 6.07) is 3.58. The first-order valence-electron chi connectivity index (χ1n) is 4.86. The highest BCUT2D eigenvalue weighted by molar-refractivity contribution is 5.25. The van der Waals surface area contributed by atoms with E-state index in [1.54, 1.807) is 6.92 Å². The molecule has 2 nitrogen and oxygen atoms in total. The van der Waals surface area contributed by atoms with E-state index in [-0.39, 0.29) is 12.4 Å². The molecule has 0 bridgehead atoms. The molecule has 1 aromatic rings. The van der Waals surface area contributed by atoms with Crippen LogP contribution in [0.2, 0.25) is 0 Å². The van der Waals surface area contributed by atoms with Gasteiger partial charge in [0.1, 0.15) is 0 Å². The molecule has 1 atom stereocenters. The molecule has 1 N–H and O–H groups in total. The molecule has 0 amide bonds. The van der Waals surface area contributed by atoms with Crippen molar-refractivity contribution < 1.29 is 18.6 Å². The van der Waals surface area contributed by atoms with E-state index in [4.69, 9.17) is 9.84 Å². The molecular weight excluding hydrogens is 202 g/mol. The van der Waals surface area contributed by atoms with E-state index in [9.17, 15) is 8.78 Å². The van der Waals surface area contributed by atoms with Crippen molar-refractivity contribution in [2.45, 2.75) is 25.9 Å². The third-order valence-corrected chi connectivity index (χ3v) is 1.93. The molecule has 0 fully saturated rings. The number of para-hydroxylation sites is 1. The van der Waals surface area contributed by atoms with Crippen LogP contribution in [-0.4, -0.2) is 17.8 Å². The molecule has 84 valence electrons. The first kappa shape index (κ1) is 11.9. The molecule has 0 heterocycles. The lowest BCUT2D eigenvalue weighted by Gasteiger charge is -2.08. The Balaban J connectivity index is 2.43. The minimum Gasteiger partial charge on any atom is -0.488 e. The molecular formula is C11H14F2O2. The summed E-state index contributed by atoms with van der Waals surface area (Å²) in [4.78, 5) is 0. The molecule has 0 saturated carbocycles. The van der Waals surface area contributed by atoms with Gasteiger partial charge in [-0.2, -0.15) is 0 Å². The monoisotopic (exact) mass is 216 g/mol. The summed E-state index contributed by atoms with van der Waals surface area (Å²) in [5.74, 6) is -1.75. The minimum atomic E-state index is -0.702. The van der Waals surface area contributed by atoms with E-state index in [1.165, 1.54) is 6.07 Å². The standard InChI is InChI=1S/C11H14F2O2/c1-8(14)4-3-7-15-11-9(12)5-2-6-10(11)13/h2,5-6,8,14H,3-4,7H2,1H3. The predicted octanol–water partition coefficient (Wildman–Crippen LogP) is 2.50. The zero-order valence-corrected chi connectivity index (χ0v) is 8.54. The van der Waals surface area contributed by atoms with Gasteiger partial charge in [-0.15, -0.1) is 0 Å². The maximum absolute atomic E-state index is 13.0. The summed E-state index contributed by atoms with van der Waals surface area (Å²) < 4.78 is 31.0. The first-order chi connectivity index (χ1) is 7.11. The molecule has 0 spiro atoms. The summed E-state index contributed by atoms with van der Waals surface area (Å²) in [5, 5.41) is 8.96. The van der Waals surface area contributed by atoms with Gasteiger partial charge in [0.15, 0.2) is 17.4 Å². The van der Waals surface area contributed by atoms with E-state index < -0.39 is 17.7 Å². The van der Waals surface area contributed by atoms with Gasteiger partial charge in [-0.05, 0) is 31.9 Å². The summed E-state index contributed by atoms with van der Waals surface area (Å²) in [6.07, 6.45) is 0.695. The van der Waals surface area contributed by atoms with Gasteiger partial charge in [0.2, 0.25) is 0 Å². The number of rotatable bonds is 5. The number of aliphatic hydroxyl groups is 1. The fourth-order valence-corrected chi connectivity index (χ4v) is 1.17. The topological polar surface area (TPSA) is 29.5 Å². The molecule has 1 rings (SSSR count). The third kappa shape index (κ3) is 3.83. The fraction of sp³-hybridized carbons (Fsp3) is 0.455. The van der Waals surface area contributed by atoms with Crippen LogP contribution in [0.4, 0.5) is 8.78 Å². The van der Waals surface area contributed by atoms with Gasteiger partial charge in [-0.3, -0.25) is 0 Å².